The zero-order valence-corrected chi connectivity index (χ0v) is 19.3. The molecule has 0 bridgehead atoms. The Morgan fingerprint density at radius 3 is 2.61 bits per heavy atom. The Kier molecular flexibility index (Phi) is 6.79. The van der Waals surface area contributed by atoms with Gasteiger partial charge >= 0.3 is 6.09 Å². The maximum Gasteiger partial charge on any atom is 0.420 e. The summed E-state index contributed by atoms with van der Waals surface area (Å²) in [4.78, 5) is 23.2. The number of hydrogen-bond donors (Lipinski definition) is 0. The Hall–Kier alpha value is -2.97. The molecular formula is C23H21BrN4O2S. The zero-order chi connectivity index (χ0) is 21.6. The predicted molar refractivity (Wildman–Crippen MR) is 127 cm³/mol. The van der Waals surface area contributed by atoms with Crippen LogP contribution in [0.15, 0.2) is 77.1 Å². The maximum atomic E-state index is 12.9. The number of amides is 1. The van der Waals surface area contributed by atoms with Gasteiger partial charge in [0, 0.05) is 33.5 Å². The van der Waals surface area contributed by atoms with Gasteiger partial charge in [0.2, 0.25) is 0 Å². The fraction of sp³-hybridized carbons (Fsp3) is 0.174. The standard InChI is InChI=1S/C23H21BrN4O2S/c1-2-3-14-30-23(29)28(20-10-6-18(24)7-11-20)22-26-21(15-31-22)17-4-8-19(9-5-17)27-13-12-25-16-27/h4-13,15-16H,2-3,14H2,1H3. The number of hydrogen-bond acceptors (Lipinski definition) is 5. The highest BCUT2D eigenvalue weighted by Gasteiger charge is 2.23. The molecule has 0 spiro atoms. The first-order valence-corrected chi connectivity index (χ1v) is 11.6. The fourth-order valence-electron chi connectivity index (χ4n) is 2.97. The van der Waals surface area contributed by atoms with E-state index in [4.69, 9.17) is 9.72 Å². The van der Waals surface area contributed by atoms with Crippen molar-refractivity contribution < 1.29 is 9.53 Å². The average Bonchev–Trinajstić information content (AvgIpc) is 3.48. The number of unbranched alkanes of at least 4 members (excludes halogenated alkanes) is 1. The smallest absolute Gasteiger partial charge is 0.420 e. The number of ether oxygens (including phenoxy) is 1. The second-order valence-corrected chi connectivity index (χ2v) is 8.56. The summed E-state index contributed by atoms with van der Waals surface area (Å²) in [5.74, 6) is 0. The molecule has 0 unspecified atom stereocenters. The van der Waals surface area contributed by atoms with Crippen molar-refractivity contribution >= 4 is 44.2 Å². The average molecular weight is 497 g/mol. The molecular weight excluding hydrogens is 476 g/mol. The number of rotatable bonds is 7. The summed E-state index contributed by atoms with van der Waals surface area (Å²) in [6, 6.07) is 15.6. The third-order valence-corrected chi connectivity index (χ3v) is 5.99. The minimum atomic E-state index is -0.424. The van der Waals surface area contributed by atoms with Crippen molar-refractivity contribution in [1.29, 1.82) is 0 Å². The van der Waals surface area contributed by atoms with Gasteiger partial charge < -0.3 is 9.30 Å². The largest absolute Gasteiger partial charge is 0.449 e. The predicted octanol–water partition coefficient (Wildman–Crippen LogP) is 6.83. The number of benzene rings is 2. The van der Waals surface area contributed by atoms with E-state index < -0.39 is 6.09 Å². The van der Waals surface area contributed by atoms with Crippen molar-refractivity contribution in [3.05, 3.63) is 77.1 Å². The van der Waals surface area contributed by atoms with Crippen LogP contribution >= 0.6 is 27.3 Å². The summed E-state index contributed by atoms with van der Waals surface area (Å²) in [5, 5.41) is 2.52. The van der Waals surface area contributed by atoms with Gasteiger partial charge in [0.05, 0.1) is 24.3 Å². The molecule has 0 N–H and O–H groups in total. The molecule has 2 aromatic carbocycles. The fourth-order valence-corrected chi connectivity index (χ4v) is 4.07. The van der Waals surface area contributed by atoms with Gasteiger partial charge in [0.25, 0.3) is 0 Å². The molecule has 4 rings (SSSR count). The number of halogens is 1. The summed E-state index contributed by atoms with van der Waals surface area (Å²) in [6.07, 6.45) is 6.77. The third kappa shape index (κ3) is 5.03. The summed E-state index contributed by atoms with van der Waals surface area (Å²) < 4.78 is 8.37. The van der Waals surface area contributed by atoms with E-state index in [0.29, 0.717) is 17.4 Å². The van der Waals surface area contributed by atoms with Crippen LogP contribution in [0.3, 0.4) is 0 Å². The Bertz CT molecular complexity index is 1130. The molecule has 31 heavy (non-hydrogen) atoms. The van der Waals surface area contributed by atoms with Crippen LogP contribution < -0.4 is 4.90 Å². The maximum absolute atomic E-state index is 12.9. The van der Waals surface area contributed by atoms with Gasteiger partial charge in [-0.1, -0.05) is 41.4 Å². The molecule has 158 valence electrons. The molecule has 0 radical (unpaired) electrons. The van der Waals surface area contributed by atoms with Gasteiger partial charge in [0.15, 0.2) is 5.13 Å². The molecule has 0 fully saturated rings. The monoisotopic (exact) mass is 496 g/mol. The minimum absolute atomic E-state index is 0.385. The summed E-state index contributed by atoms with van der Waals surface area (Å²) in [7, 11) is 0. The van der Waals surface area contributed by atoms with E-state index >= 15 is 0 Å². The van der Waals surface area contributed by atoms with Gasteiger partial charge in [-0.05, 0) is 42.8 Å². The SMILES string of the molecule is CCCCOC(=O)N(c1ccc(Br)cc1)c1nc(-c2ccc(-n3ccnc3)cc2)cs1. The number of aromatic nitrogens is 3. The van der Waals surface area contributed by atoms with Crippen LogP contribution in [-0.4, -0.2) is 27.2 Å². The van der Waals surface area contributed by atoms with Gasteiger partial charge in [-0.3, -0.25) is 0 Å². The molecule has 2 heterocycles. The number of carbonyl (C=O) groups is 1. The second kappa shape index (κ2) is 9.89. The van der Waals surface area contributed by atoms with E-state index in [1.165, 1.54) is 16.2 Å². The van der Waals surface area contributed by atoms with Crippen molar-refractivity contribution in [3.63, 3.8) is 0 Å². The van der Waals surface area contributed by atoms with Crippen molar-refractivity contribution in [2.45, 2.75) is 19.8 Å². The molecule has 1 amide bonds. The molecule has 6 nitrogen and oxygen atoms in total. The van der Waals surface area contributed by atoms with Gasteiger partial charge in [-0.25, -0.2) is 19.7 Å². The number of anilines is 2. The van der Waals surface area contributed by atoms with Crippen LogP contribution in [0.2, 0.25) is 0 Å². The Labute approximate surface area is 193 Å². The van der Waals surface area contributed by atoms with E-state index in [9.17, 15) is 4.79 Å². The van der Waals surface area contributed by atoms with Crippen LogP contribution in [0, 0.1) is 0 Å². The van der Waals surface area contributed by atoms with Crippen LogP contribution in [-0.2, 0) is 4.74 Å². The lowest BCUT2D eigenvalue weighted by atomic mass is 10.1. The lowest BCUT2D eigenvalue weighted by molar-refractivity contribution is 0.155. The molecule has 0 aliphatic heterocycles. The minimum Gasteiger partial charge on any atom is -0.449 e. The first-order valence-electron chi connectivity index (χ1n) is 9.92. The zero-order valence-electron chi connectivity index (χ0n) is 16.9. The number of nitrogens with zero attached hydrogens (tertiary/aromatic N) is 4. The van der Waals surface area contributed by atoms with Crippen LogP contribution in [0.25, 0.3) is 16.9 Å². The highest BCUT2D eigenvalue weighted by Crippen LogP contribution is 2.33. The summed E-state index contributed by atoms with van der Waals surface area (Å²) >= 11 is 4.85. The third-order valence-electron chi connectivity index (χ3n) is 4.64. The highest BCUT2D eigenvalue weighted by atomic mass is 79.9. The number of carbonyl (C=O) groups excluding carboxylic acids is 1. The van der Waals surface area contributed by atoms with E-state index in [-0.39, 0.29) is 0 Å². The first-order chi connectivity index (χ1) is 15.2. The number of imidazole rings is 1. The normalized spacial score (nSPS) is 10.8. The lowest BCUT2D eigenvalue weighted by Gasteiger charge is -2.19. The van der Waals surface area contributed by atoms with Crippen LogP contribution in [0.1, 0.15) is 19.8 Å². The van der Waals surface area contributed by atoms with Gasteiger partial charge in [-0.15, -0.1) is 11.3 Å². The summed E-state index contributed by atoms with van der Waals surface area (Å²) in [5.41, 5.74) is 3.51. The van der Waals surface area contributed by atoms with E-state index in [1.54, 1.807) is 12.5 Å². The van der Waals surface area contributed by atoms with Crippen molar-refractivity contribution in [1.82, 2.24) is 14.5 Å². The number of thiazole rings is 1. The Morgan fingerprint density at radius 2 is 1.94 bits per heavy atom. The Morgan fingerprint density at radius 1 is 1.16 bits per heavy atom. The van der Waals surface area contributed by atoms with Gasteiger partial charge in [0.1, 0.15) is 0 Å². The van der Waals surface area contributed by atoms with Crippen LogP contribution in [0.4, 0.5) is 15.6 Å². The van der Waals surface area contributed by atoms with E-state index in [0.717, 1.165) is 34.3 Å². The highest BCUT2D eigenvalue weighted by molar-refractivity contribution is 9.10. The molecule has 4 aromatic rings. The molecule has 2 aromatic heterocycles. The van der Waals surface area contributed by atoms with Gasteiger partial charge in [-0.2, -0.15) is 0 Å². The molecule has 0 atom stereocenters. The molecule has 0 aliphatic rings. The molecule has 0 saturated carbocycles. The quantitative estimate of drug-likeness (QED) is 0.263. The topological polar surface area (TPSA) is 60.2 Å². The summed E-state index contributed by atoms with van der Waals surface area (Å²) in [6.45, 7) is 2.45. The second-order valence-electron chi connectivity index (χ2n) is 6.81. The van der Waals surface area contributed by atoms with Crippen molar-refractivity contribution in [2.24, 2.45) is 0 Å². The van der Waals surface area contributed by atoms with E-state index in [2.05, 4.69) is 27.8 Å². The first kappa shape index (κ1) is 21.3. The molecule has 0 aliphatic carbocycles. The van der Waals surface area contributed by atoms with E-state index in [1.807, 2.05) is 64.7 Å². The Balaban J connectivity index is 1.60. The lowest BCUT2D eigenvalue weighted by Crippen LogP contribution is -2.27. The molecule has 8 heteroatoms. The van der Waals surface area contributed by atoms with Crippen LogP contribution in [0.5, 0.6) is 0 Å². The van der Waals surface area contributed by atoms with Crippen molar-refractivity contribution in [2.75, 3.05) is 11.5 Å². The van der Waals surface area contributed by atoms with Crippen molar-refractivity contribution in [3.8, 4) is 16.9 Å². The molecule has 0 saturated heterocycles.